The topological polar surface area (TPSA) is 215 Å². The van der Waals surface area contributed by atoms with Gasteiger partial charge in [-0.05, 0) is 24.0 Å². The van der Waals surface area contributed by atoms with Crippen molar-refractivity contribution in [2.45, 2.75) is 43.8 Å². The molecular weight excluding hydrogens is 490 g/mol. The largest absolute Gasteiger partial charge is 0.480 e. The third kappa shape index (κ3) is 11.1. The Balaban J connectivity index is 1.99. The lowest BCUT2D eigenvalue weighted by atomic mass is 10.0. The number of benzene rings is 2. The van der Waals surface area contributed by atoms with Crippen LogP contribution >= 0.6 is 0 Å². The molecule has 12 nitrogen and oxygen atoms in total. The van der Waals surface area contributed by atoms with E-state index in [-0.39, 0.29) is 18.8 Å². The third-order valence-electron chi connectivity index (χ3n) is 5.56. The molecule has 3 atom stereocenters. The summed E-state index contributed by atoms with van der Waals surface area (Å²) in [5.41, 5.74) is 17.8. The van der Waals surface area contributed by atoms with Gasteiger partial charge in [0.2, 0.25) is 17.7 Å². The molecule has 0 heterocycles. The van der Waals surface area contributed by atoms with E-state index in [0.29, 0.717) is 19.4 Å². The molecule has 0 aliphatic rings. The fraction of sp³-hybridized carbons (Fsp3) is 0.346. The predicted molar refractivity (Wildman–Crippen MR) is 143 cm³/mol. The van der Waals surface area contributed by atoms with E-state index < -0.39 is 48.4 Å². The molecule has 2 aromatic carbocycles. The van der Waals surface area contributed by atoms with Gasteiger partial charge < -0.3 is 38.3 Å². The molecule has 0 aromatic heterocycles. The summed E-state index contributed by atoms with van der Waals surface area (Å²) in [5, 5.41) is 17.2. The van der Waals surface area contributed by atoms with Crippen LogP contribution < -0.4 is 33.2 Å². The molecule has 0 radical (unpaired) electrons. The summed E-state index contributed by atoms with van der Waals surface area (Å²) in [6, 6.07) is 14.7. The number of carbonyl (C=O) groups excluding carboxylic acids is 3. The van der Waals surface area contributed by atoms with Gasteiger partial charge in [-0.15, -0.1) is 0 Å². The smallest absolute Gasteiger partial charge is 0.326 e. The van der Waals surface area contributed by atoms with Crippen LogP contribution in [0.3, 0.4) is 0 Å². The summed E-state index contributed by atoms with van der Waals surface area (Å²) in [7, 11) is 0. The molecule has 3 amide bonds. The minimum absolute atomic E-state index is 0.0523. The van der Waals surface area contributed by atoms with Crippen molar-refractivity contribution in [1.82, 2.24) is 16.0 Å². The molecule has 38 heavy (non-hydrogen) atoms. The van der Waals surface area contributed by atoms with Crippen molar-refractivity contribution >= 4 is 29.7 Å². The van der Waals surface area contributed by atoms with Crippen LogP contribution in [-0.4, -0.2) is 66.0 Å². The minimum Gasteiger partial charge on any atom is -0.480 e. The second-order valence-corrected chi connectivity index (χ2v) is 8.67. The molecular formula is C26H35N7O5. The standard InChI is InChI=1S/C26H35N7O5/c27-19(12-7-13-30-26(28)29)23(35)31-16-22(34)32-20(14-17-8-3-1-4-9-17)24(36)33-21(25(37)38)15-18-10-5-2-6-11-18/h1-6,8-11,19-21H,7,12-16,27H2,(H,31,35)(H,32,34)(H,33,36)(H,37,38)(H4,28,29,30)/t19-,20?,21?/m1/s1. The molecule has 0 saturated heterocycles. The van der Waals surface area contributed by atoms with E-state index in [9.17, 15) is 24.3 Å². The average molecular weight is 526 g/mol. The van der Waals surface area contributed by atoms with Crippen LogP contribution in [0.1, 0.15) is 24.0 Å². The summed E-state index contributed by atoms with van der Waals surface area (Å²) in [6.45, 7) is -0.0902. The van der Waals surface area contributed by atoms with Crippen molar-refractivity contribution in [2.75, 3.05) is 13.1 Å². The molecule has 2 unspecified atom stereocenters. The molecule has 0 saturated carbocycles. The van der Waals surface area contributed by atoms with Gasteiger partial charge in [-0.25, -0.2) is 4.79 Å². The highest BCUT2D eigenvalue weighted by molar-refractivity contribution is 5.92. The quantitative estimate of drug-likeness (QED) is 0.0869. The van der Waals surface area contributed by atoms with E-state index >= 15 is 0 Å². The number of amides is 3. The Bertz CT molecular complexity index is 1090. The van der Waals surface area contributed by atoms with Crippen LogP contribution in [0.15, 0.2) is 65.7 Å². The highest BCUT2D eigenvalue weighted by Gasteiger charge is 2.27. The Hall–Kier alpha value is -4.45. The summed E-state index contributed by atoms with van der Waals surface area (Å²) in [6.07, 6.45) is 0.979. The zero-order valence-corrected chi connectivity index (χ0v) is 21.0. The summed E-state index contributed by atoms with van der Waals surface area (Å²) >= 11 is 0. The zero-order valence-electron chi connectivity index (χ0n) is 21.0. The zero-order chi connectivity index (χ0) is 27.9. The molecule has 204 valence electrons. The molecule has 0 aliphatic heterocycles. The van der Waals surface area contributed by atoms with Crippen LogP contribution in [-0.2, 0) is 32.0 Å². The van der Waals surface area contributed by atoms with Crippen LogP contribution in [0.4, 0.5) is 0 Å². The Kier molecular flexibility index (Phi) is 12.2. The fourth-order valence-electron chi connectivity index (χ4n) is 3.58. The molecule has 10 N–H and O–H groups in total. The Morgan fingerprint density at radius 1 is 0.816 bits per heavy atom. The highest BCUT2D eigenvalue weighted by atomic mass is 16.4. The minimum atomic E-state index is -1.20. The van der Waals surface area contributed by atoms with Crippen LogP contribution in [0.2, 0.25) is 0 Å². The van der Waals surface area contributed by atoms with E-state index in [1.165, 1.54) is 0 Å². The van der Waals surface area contributed by atoms with Crippen LogP contribution in [0, 0.1) is 0 Å². The van der Waals surface area contributed by atoms with E-state index in [1.807, 2.05) is 12.1 Å². The number of carboxylic acid groups (broad SMARTS) is 1. The van der Waals surface area contributed by atoms with Crippen molar-refractivity contribution in [2.24, 2.45) is 22.2 Å². The average Bonchev–Trinajstić information content (AvgIpc) is 2.89. The second-order valence-electron chi connectivity index (χ2n) is 8.67. The van der Waals surface area contributed by atoms with Gasteiger partial charge >= 0.3 is 5.97 Å². The predicted octanol–water partition coefficient (Wildman–Crippen LogP) is -0.977. The lowest BCUT2D eigenvalue weighted by Crippen LogP contribution is -2.54. The van der Waals surface area contributed by atoms with E-state index in [2.05, 4.69) is 20.9 Å². The maximum atomic E-state index is 13.1. The number of hydrogen-bond acceptors (Lipinski definition) is 6. The normalized spacial score (nSPS) is 12.9. The first-order valence-corrected chi connectivity index (χ1v) is 12.1. The number of aliphatic carboxylic acids is 1. The Morgan fingerprint density at radius 3 is 1.89 bits per heavy atom. The number of aliphatic imine (C=N–C) groups is 1. The first-order valence-electron chi connectivity index (χ1n) is 12.1. The first-order chi connectivity index (χ1) is 18.2. The highest BCUT2D eigenvalue weighted by Crippen LogP contribution is 2.07. The number of guanidine groups is 1. The molecule has 0 spiro atoms. The molecule has 2 rings (SSSR count). The lowest BCUT2D eigenvalue weighted by Gasteiger charge is -2.22. The van der Waals surface area contributed by atoms with Crippen LogP contribution in [0.5, 0.6) is 0 Å². The number of carbonyl (C=O) groups is 4. The molecule has 0 fully saturated rings. The summed E-state index contributed by atoms with van der Waals surface area (Å²) in [4.78, 5) is 53.6. The Morgan fingerprint density at radius 2 is 1.37 bits per heavy atom. The number of nitrogens with two attached hydrogens (primary N) is 3. The number of nitrogens with zero attached hydrogens (tertiary/aromatic N) is 1. The molecule has 12 heteroatoms. The number of carboxylic acids is 1. The van der Waals surface area contributed by atoms with E-state index in [0.717, 1.165) is 11.1 Å². The van der Waals surface area contributed by atoms with Gasteiger partial charge in [0.25, 0.3) is 0 Å². The SMILES string of the molecule is NC(N)=NCCC[C@@H](N)C(=O)NCC(=O)NC(Cc1ccccc1)C(=O)NC(Cc1ccccc1)C(=O)O. The number of hydrogen-bond donors (Lipinski definition) is 7. The van der Waals surface area contributed by atoms with Gasteiger partial charge in [0.1, 0.15) is 12.1 Å². The molecule has 2 aromatic rings. The van der Waals surface area contributed by atoms with Gasteiger partial charge in [0, 0.05) is 19.4 Å². The Labute approximate surface area is 221 Å². The van der Waals surface area contributed by atoms with Crippen molar-refractivity contribution < 1.29 is 24.3 Å². The fourth-order valence-corrected chi connectivity index (χ4v) is 3.58. The summed E-state index contributed by atoms with van der Waals surface area (Å²) in [5.74, 6) is -3.08. The third-order valence-corrected chi connectivity index (χ3v) is 5.56. The van der Waals surface area contributed by atoms with Gasteiger partial charge in [-0.1, -0.05) is 60.7 Å². The van der Waals surface area contributed by atoms with Crippen molar-refractivity contribution in [3.05, 3.63) is 71.8 Å². The first kappa shape index (κ1) is 29.8. The summed E-state index contributed by atoms with van der Waals surface area (Å²) < 4.78 is 0. The van der Waals surface area contributed by atoms with E-state index in [1.54, 1.807) is 48.5 Å². The van der Waals surface area contributed by atoms with E-state index in [4.69, 9.17) is 17.2 Å². The molecule has 0 bridgehead atoms. The van der Waals surface area contributed by atoms with Crippen molar-refractivity contribution in [3.63, 3.8) is 0 Å². The number of nitrogens with one attached hydrogen (secondary N) is 3. The monoisotopic (exact) mass is 525 g/mol. The van der Waals surface area contributed by atoms with Crippen LogP contribution in [0.25, 0.3) is 0 Å². The molecule has 0 aliphatic carbocycles. The lowest BCUT2D eigenvalue weighted by molar-refractivity contribution is -0.142. The number of rotatable bonds is 15. The van der Waals surface area contributed by atoms with Gasteiger partial charge in [0.15, 0.2) is 5.96 Å². The maximum Gasteiger partial charge on any atom is 0.326 e. The van der Waals surface area contributed by atoms with Crippen molar-refractivity contribution in [3.8, 4) is 0 Å². The van der Waals surface area contributed by atoms with Gasteiger partial charge in [-0.3, -0.25) is 19.4 Å². The van der Waals surface area contributed by atoms with Gasteiger partial charge in [-0.2, -0.15) is 0 Å². The maximum absolute atomic E-state index is 13.1. The van der Waals surface area contributed by atoms with Gasteiger partial charge in [0.05, 0.1) is 12.6 Å². The second kappa shape index (κ2) is 15.6. The van der Waals surface area contributed by atoms with Crippen molar-refractivity contribution in [1.29, 1.82) is 0 Å².